The Kier molecular flexibility index (Phi) is 9.68. The van der Waals surface area contributed by atoms with Gasteiger partial charge in [0, 0.05) is 24.5 Å². The van der Waals surface area contributed by atoms with Gasteiger partial charge in [0.25, 0.3) is 5.91 Å². The van der Waals surface area contributed by atoms with Crippen LogP contribution in [-0.2, 0) is 31.8 Å². The Labute approximate surface area is 271 Å². The Bertz CT molecular complexity index is 1870. The van der Waals surface area contributed by atoms with E-state index in [0.717, 1.165) is 12.1 Å². The molecule has 0 saturated carbocycles. The van der Waals surface area contributed by atoms with E-state index in [-0.39, 0.29) is 48.1 Å². The number of carbonyl (C=O) groups is 4. The smallest absolute Gasteiger partial charge is 0.418 e. The normalized spacial score (nSPS) is 13.9. The summed E-state index contributed by atoms with van der Waals surface area (Å²) in [6, 6.07) is 11.7. The van der Waals surface area contributed by atoms with Crippen molar-refractivity contribution >= 4 is 40.9 Å². The lowest BCUT2D eigenvalue weighted by Crippen LogP contribution is -2.45. The van der Waals surface area contributed by atoms with Gasteiger partial charge in [-0.05, 0) is 61.4 Å². The Morgan fingerprint density at radius 2 is 1.69 bits per heavy atom. The number of aromatic nitrogens is 1. The number of nitrogens with zero attached hydrogens (tertiary/aromatic N) is 1. The monoisotopic (exact) mass is 667 g/mol. The van der Waals surface area contributed by atoms with E-state index in [9.17, 15) is 32.3 Å². The highest BCUT2D eigenvalue weighted by Gasteiger charge is 2.38. The molecule has 4 aromatic rings. The number of benzene rings is 3. The van der Waals surface area contributed by atoms with Gasteiger partial charge in [0.1, 0.15) is 0 Å². The van der Waals surface area contributed by atoms with E-state index in [2.05, 4.69) is 21.3 Å². The zero-order chi connectivity index (χ0) is 34.6. The van der Waals surface area contributed by atoms with Gasteiger partial charge in [-0.3, -0.25) is 4.79 Å². The van der Waals surface area contributed by atoms with Gasteiger partial charge in [-0.1, -0.05) is 24.3 Å². The lowest BCUT2D eigenvalue weighted by molar-refractivity contribution is -0.146. The third-order valence-electron chi connectivity index (χ3n) is 7.22. The second-order valence-corrected chi connectivity index (χ2v) is 10.4. The molecule has 1 aliphatic rings. The minimum atomic E-state index is -4.81. The molecule has 1 aromatic heterocycles. The number of esters is 2. The average Bonchev–Trinajstić information content (AvgIpc) is 3.53. The van der Waals surface area contributed by atoms with Crippen molar-refractivity contribution in [3.05, 3.63) is 95.6 Å². The first kappa shape index (κ1) is 33.5. The van der Waals surface area contributed by atoms with Crippen LogP contribution in [0, 0.1) is 5.82 Å². The van der Waals surface area contributed by atoms with Gasteiger partial charge in [-0.25, -0.2) is 18.8 Å². The van der Waals surface area contributed by atoms with Crippen LogP contribution in [0.25, 0.3) is 16.8 Å². The van der Waals surface area contributed by atoms with Crippen molar-refractivity contribution in [2.24, 2.45) is 0 Å². The standard InChI is InChI=1S/C33H29F4N5O6/c1-3-47-30(44)20-10-8-19(9-11-20)21-6-5-7-23(27(21)34)41-32(46)38-16-18-12-13-42(17-18)26-15-25-24(14-22(26)33(35,36)37)40-29(43)28(39-25)31(45)48-4-2/h5-15,17,28,39H,3-4,16H2,1-2H3,(H,40,43)(H2,38,41,46). The molecular weight excluding hydrogens is 638 g/mol. The summed E-state index contributed by atoms with van der Waals surface area (Å²) in [6.07, 6.45) is -2.09. The summed E-state index contributed by atoms with van der Waals surface area (Å²) in [5.74, 6) is -2.96. The van der Waals surface area contributed by atoms with Crippen LogP contribution in [0.15, 0.2) is 73.1 Å². The molecule has 0 saturated heterocycles. The van der Waals surface area contributed by atoms with E-state index in [4.69, 9.17) is 9.47 Å². The van der Waals surface area contributed by atoms with Gasteiger partial charge in [0.05, 0.1) is 47.1 Å². The van der Waals surface area contributed by atoms with E-state index in [1.165, 1.54) is 47.3 Å². The number of alkyl halides is 3. The highest BCUT2D eigenvalue weighted by Crippen LogP contribution is 2.40. The molecule has 0 radical (unpaired) electrons. The molecule has 2 heterocycles. The Morgan fingerprint density at radius 3 is 2.38 bits per heavy atom. The SMILES string of the molecule is CCOC(=O)c1ccc(-c2cccc(NC(=O)NCc3ccn(-c4cc5c(cc4C(F)(F)F)NC(=O)C(C(=O)OCC)N5)c3)c2F)cc1. The van der Waals surface area contributed by atoms with Crippen molar-refractivity contribution in [3.63, 3.8) is 0 Å². The quantitative estimate of drug-likeness (QED) is 0.0962. The lowest BCUT2D eigenvalue weighted by atomic mass is 10.0. The topological polar surface area (TPSA) is 140 Å². The number of hydrogen-bond acceptors (Lipinski definition) is 7. The van der Waals surface area contributed by atoms with Crippen LogP contribution in [0.4, 0.5) is 39.4 Å². The molecule has 3 aromatic carbocycles. The minimum Gasteiger partial charge on any atom is -0.464 e. The highest BCUT2D eigenvalue weighted by atomic mass is 19.4. The molecule has 250 valence electrons. The summed E-state index contributed by atoms with van der Waals surface area (Å²) < 4.78 is 68.6. The number of nitrogens with one attached hydrogen (secondary N) is 4. The van der Waals surface area contributed by atoms with Crippen molar-refractivity contribution in [3.8, 4) is 16.8 Å². The maximum absolute atomic E-state index is 15.4. The number of anilines is 3. The molecule has 0 bridgehead atoms. The molecule has 5 rings (SSSR count). The van der Waals surface area contributed by atoms with Crippen molar-refractivity contribution < 1.29 is 46.2 Å². The largest absolute Gasteiger partial charge is 0.464 e. The molecule has 1 unspecified atom stereocenters. The molecule has 1 aliphatic heterocycles. The number of carbonyl (C=O) groups excluding carboxylic acids is 4. The summed E-state index contributed by atoms with van der Waals surface area (Å²) in [6.45, 7) is 3.33. The lowest BCUT2D eigenvalue weighted by Gasteiger charge is -2.27. The number of ether oxygens (including phenoxy) is 2. The summed E-state index contributed by atoms with van der Waals surface area (Å²) in [5, 5.41) is 9.93. The van der Waals surface area contributed by atoms with Gasteiger partial charge in [0.2, 0.25) is 6.04 Å². The van der Waals surface area contributed by atoms with Gasteiger partial charge < -0.3 is 35.3 Å². The van der Waals surface area contributed by atoms with Gasteiger partial charge >= 0.3 is 24.1 Å². The van der Waals surface area contributed by atoms with Crippen LogP contribution in [-0.4, -0.2) is 47.7 Å². The molecule has 1 atom stereocenters. The second-order valence-electron chi connectivity index (χ2n) is 10.4. The summed E-state index contributed by atoms with van der Waals surface area (Å²) >= 11 is 0. The van der Waals surface area contributed by atoms with E-state index in [1.807, 2.05) is 0 Å². The first-order valence-corrected chi connectivity index (χ1v) is 14.7. The Hall–Kier alpha value is -5.86. The summed E-state index contributed by atoms with van der Waals surface area (Å²) in [4.78, 5) is 49.1. The predicted molar refractivity (Wildman–Crippen MR) is 167 cm³/mol. The molecule has 11 nitrogen and oxygen atoms in total. The fourth-order valence-electron chi connectivity index (χ4n) is 4.97. The van der Waals surface area contributed by atoms with Crippen LogP contribution in [0.3, 0.4) is 0 Å². The second kappa shape index (κ2) is 13.9. The Balaban J connectivity index is 1.29. The first-order chi connectivity index (χ1) is 22.9. The predicted octanol–water partition coefficient (Wildman–Crippen LogP) is 6.10. The number of halogens is 4. The minimum absolute atomic E-state index is 0.00311. The van der Waals surface area contributed by atoms with Crippen molar-refractivity contribution in [2.75, 3.05) is 29.2 Å². The van der Waals surface area contributed by atoms with Crippen molar-refractivity contribution in [1.29, 1.82) is 0 Å². The van der Waals surface area contributed by atoms with Crippen LogP contribution in [0.1, 0.15) is 35.3 Å². The number of hydrogen-bond donors (Lipinski definition) is 4. The number of amides is 3. The van der Waals surface area contributed by atoms with E-state index >= 15 is 4.39 Å². The van der Waals surface area contributed by atoms with Gasteiger partial charge in [-0.2, -0.15) is 13.2 Å². The molecule has 48 heavy (non-hydrogen) atoms. The van der Waals surface area contributed by atoms with E-state index in [1.54, 1.807) is 32.0 Å². The first-order valence-electron chi connectivity index (χ1n) is 14.7. The molecule has 15 heteroatoms. The van der Waals surface area contributed by atoms with Crippen molar-refractivity contribution in [1.82, 2.24) is 9.88 Å². The molecule has 3 amide bonds. The van der Waals surface area contributed by atoms with Gasteiger partial charge in [0.15, 0.2) is 5.82 Å². The fourth-order valence-corrected chi connectivity index (χ4v) is 4.97. The zero-order valence-electron chi connectivity index (χ0n) is 25.5. The van der Waals surface area contributed by atoms with Crippen LogP contribution in [0.5, 0.6) is 0 Å². The average molecular weight is 668 g/mol. The number of urea groups is 1. The Morgan fingerprint density at radius 1 is 0.958 bits per heavy atom. The van der Waals surface area contributed by atoms with Crippen LogP contribution < -0.4 is 21.3 Å². The van der Waals surface area contributed by atoms with E-state index in [0.29, 0.717) is 16.7 Å². The summed E-state index contributed by atoms with van der Waals surface area (Å²) in [5.41, 5.74) is -0.227. The third-order valence-corrected chi connectivity index (χ3v) is 7.22. The molecule has 0 fully saturated rings. The number of fused-ring (bicyclic) bond motifs is 1. The van der Waals surface area contributed by atoms with Gasteiger partial charge in [-0.15, -0.1) is 0 Å². The molecular formula is C33H29F4N5O6. The molecule has 0 aliphatic carbocycles. The maximum Gasteiger partial charge on any atom is 0.418 e. The third kappa shape index (κ3) is 7.24. The number of rotatable bonds is 9. The summed E-state index contributed by atoms with van der Waals surface area (Å²) in [7, 11) is 0. The van der Waals surface area contributed by atoms with Crippen LogP contribution in [0.2, 0.25) is 0 Å². The van der Waals surface area contributed by atoms with Crippen LogP contribution >= 0.6 is 0 Å². The highest BCUT2D eigenvalue weighted by molar-refractivity contribution is 6.14. The fraction of sp³-hybridized carbons (Fsp3) is 0.212. The zero-order valence-corrected chi connectivity index (χ0v) is 25.5. The molecule has 4 N–H and O–H groups in total. The van der Waals surface area contributed by atoms with Crippen molar-refractivity contribution in [2.45, 2.75) is 32.6 Å². The van der Waals surface area contributed by atoms with E-state index < -0.39 is 47.5 Å². The maximum atomic E-state index is 15.4. The molecule has 0 spiro atoms.